The normalized spacial score (nSPS) is 10.6. The van der Waals surface area contributed by atoms with Crippen LogP contribution in [0.15, 0.2) is 66.4 Å². The number of hydrogen-bond acceptors (Lipinski definition) is 6. The monoisotopic (exact) mass is 446 g/mol. The average Bonchev–Trinajstić information content (AvgIpc) is 3.47. The zero-order valence-electron chi connectivity index (χ0n) is 17.6. The summed E-state index contributed by atoms with van der Waals surface area (Å²) >= 11 is 1.34. The van der Waals surface area contributed by atoms with Gasteiger partial charge in [-0.2, -0.15) is 0 Å². The molecule has 9 heteroatoms. The number of carbonyl (C=O) groups is 2. The van der Waals surface area contributed by atoms with Gasteiger partial charge in [-0.3, -0.25) is 19.2 Å². The Bertz CT molecular complexity index is 1260. The van der Waals surface area contributed by atoms with E-state index in [2.05, 4.69) is 32.1 Å². The standard InChI is InChI=1S/C23H22N6O2S/c1-15-10-17(6-8-25-15)16-4-3-5-18(11-16)20-14-32-23(27-20)28-21(30)12-26-22(31)19-7-9-29(13-19)24-2/h3-11,13-14,24H,12H2,1-2H3,(H,26,31)(H,27,28,30). The Morgan fingerprint density at radius 1 is 1.09 bits per heavy atom. The van der Waals surface area contributed by atoms with E-state index in [1.807, 2.05) is 42.6 Å². The van der Waals surface area contributed by atoms with Gasteiger partial charge in [0.1, 0.15) is 0 Å². The molecule has 0 unspecified atom stereocenters. The first-order valence-electron chi connectivity index (χ1n) is 9.94. The van der Waals surface area contributed by atoms with E-state index in [4.69, 9.17) is 0 Å². The van der Waals surface area contributed by atoms with Crippen molar-refractivity contribution in [3.8, 4) is 22.4 Å². The lowest BCUT2D eigenvalue weighted by molar-refractivity contribution is -0.115. The molecular formula is C23H22N6O2S. The summed E-state index contributed by atoms with van der Waals surface area (Å²) in [6.45, 7) is 1.82. The Morgan fingerprint density at radius 2 is 1.91 bits per heavy atom. The van der Waals surface area contributed by atoms with E-state index < -0.39 is 0 Å². The topological polar surface area (TPSA) is 101 Å². The molecule has 0 spiro atoms. The van der Waals surface area contributed by atoms with Gasteiger partial charge in [0.25, 0.3) is 5.91 Å². The summed E-state index contributed by atoms with van der Waals surface area (Å²) in [7, 11) is 1.74. The maximum atomic E-state index is 12.2. The maximum absolute atomic E-state index is 12.2. The van der Waals surface area contributed by atoms with E-state index >= 15 is 0 Å². The Hall–Kier alpha value is -3.98. The third kappa shape index (κ3) is 5.01. The fourth-order valence-electron chi connectivity index (χ4n) is 3.14. The summed E-state index contributed by atoms with van der Waals surface area (Å²) in [5.41, 5.74) is 8.19. The molecule has 4 rings (SSSR count). The molecule has 0 fully saturated rings. The van der Waals surface area contributed by atoms with Gasteiger partial charge in [-0.25, -0.2) is 4.98 Å². The Morgan fingerprint density at radius 3 is 2.69 bits per heavy atom. The molecule has 3 aromatic heterocycles. The molecule has 0 radical (unpaired) electrons. The smallest absolute Gasteiger partial charge is 0.253 e. The number of carbonyl (C=O) groups excluding carboxylic acids is 2. The molecule has 0 aliphatic heterocycles. The first kappa shape index (κ1) is 21.3. The lowest BCUT2D eigenvalue weighted by Gasteiger charge is -2.05. The number of thiazole rings is 1. The average molecular weight is 447 g/mol. The molecule has 8 nitrogen and oxygen atoms in total. The van der Waals surface area contributed by atoms with E-state index in [9.17, 15) is 9.59 Å². The van der Waals surface area contributed by atoms with Crippen LogP contribution in [0.25, 0.3) is 22.4 Å². The van der Waals surface area contributed by atoms with Crippen molar-refractivity contribution in [2.24, 2.45) is 0 Å². The predicted octanol–water partition coefficient (Wildman–Crippen LogP) is 3.52. The third-order valence-electron chi connectivity index (χ3n) is 4.76. The molecule has 0 atom stereocenters. The van der Waals surface area contributed by atoms with Crippen molar-refractivity contribution in [3.63, 3.8) is 0 Å². The molecule has 0 bridgehead atoms. The van der Waals surface area contributed by atoms with Gasteiger partial charge in [-0.1, -0.05) is 18.2 Å². The van der Waals surface area contributed by atoms with Crippen molar-refractivity contribution < 1.29 is 9.59 Å². The van der Waals surface area contributed by atoms with E-state index in [0.717, 1.165) is 28.1 Å². The van der Waals surface area contributed by atoms with Crippen molar-refractivity contribution in [2.45, 2.75) is 6.92 Å². The number of hydrogen-bond donors (Lipinski definition) is 3. The van der Waals surface area contributed by atoms with Crippen LogP contribution >= 0.6 is 11.3 Å². The quantitative estimate of drug-likeness (QED) is 0.403. The summed E-state index contributed by atoms with van der Waals surface area (Å²) in [5, 5.41) is 7.71. The van der Waals surface area contributed by atoms with Crippen LogP contribution in [0.1, 0.15) is 16.1 Å². The summed E-state index contributed by atoms with van der Waals surface area (Å²) < 4.78 is 1.65. The first-order valence-corrected chi connectivity index (χ1v) is 10.8. The fourth-order valence-corrected chi connectivity index (χ4v) is 3.88. The minimum atomic E-state index is -0.340. The van der Waals surface area contributed by atoms with E-state index in [1.165, 1.54) is 11.3 Å². The number of aryl methyl sites for hydroxylation is 1. The first-order chi connectivity index (χ1) is 15.5. The highest BCUT2D eigenvalue weighted by Gasteiger charge is 2.12. The lowest BCUT2D eigenvalue weighted by atomic mass is 10.0. The van der Waals surface area contributed by atoms with Gasteiger partial charge in [0.05, 0.1) is 17.8 Å². The van der Waals surface area contributed by atoms with Crippen molar-refractivity contribution >= 4 is 28.3 Å². The molecule has 0 saturated carbocycles. The van der Waals surface area contributed by atoms with E-state index in [-0.39, 0.29) is 18.4 Å². The van der Waals surface area contributed by atoms with Crippen molar-refractivity contribution in [2.75, 3.05) is 24.3 Å². The summed E-state index contributed by atoms with van der Waals surface area (Å²) in [5.74, 6) is -0.662. The molecule has 0 aliphatic rings. The minimum absolute atomic E-state index is 0.143. The van der Waals surface area contributed by atoms with Crippen LogP contribution in [-0.4, -0.2) is 40.1 Å². The number of anilines is 1. The molecule has 3 heterocycles. The highest BCUT2D eigenvalue weighted by Crippen LogP contribution is 2.29. The summed E-state index contributed by atoms with van der Waals surface area (Å²) in [4.78, 5) is 33.2. The van der Waals surface area contributed by atoms with Crippen molar-refractivity contribution in [3.05, 3.63) is 77.7 Å². The number of nitrogens with zero attached hydrogens (tertiary/aromatic N) is 3. The van der Waals surface area contributed by atoms with Gasteiger partial charge < -0.3 is 16.1 Å². The van der Waals surface area contributed by atoms with Crippen molar-refractivity contribution in [1.29, 1.82) is 0 Å². The minimum Gasteiger partial charge on any atom is -0.343 e. The second-order valence-corrected chi connectivity index (χ2v) is 7.92. The predicted molar refractivity (Wildman–Crippen MR) is 126 cm³/mol. The van der Waals surface area contributed by atoms with Crippen LogP contribution in [0.5, 0.6) is 0 Å². The molecule has 3 N–H and O–H groups in total. The van der Waals surface area contributed by atoms with Crippen LogP contribution in [0, 0.1) is 6.92 Å². The number of benzene rings is 1. The van der Waals surface area contributed by atoms with Gasteiger partial charge in [-0.15, -0.1) is 11.3 Å². The number of nitrogens with one attached hydrogen (secondary N) is 3. The molecule has 162 valence electrons. The van der Waals surface area contributed by atoms with E-state index in [1.54, 1.807) is 36.4 Å². The molecule has 32 heavy (non-hydrogen) atoms. The van der Waals surface area contributed by atoms with Crippen LogP contribution < -0.4 is 16.1 Å². The Labute approximate surface area is 189 Å². The van der Waals surface area contributed by atoms with Gasteiger partial charge >= 0.3 is 0 Å². The third-order valence-corrected chi connectivity index (χ3v) is 5.52. The maximum Gasteiger partial charge on any atom is 0.253 e. The van der Waals surface area contributed by atoms with Crippen LogP contribution in [-0.2, 0) is 4.79 Å². The van der Waals surface area contributed by atoms with Crippen LogP contribution in [0.2, 0.25) is 0 Å². The number of amides is 2. The van der Waals surface area contributed by atoms with Gasteiger partial charge in [-0.05, 0) is 42.3 Å². The second kappa shape index (κ2) is 9.44. The van der Waals surface area contributed by atoms with E-state index in [0.29, 0.717) is 10.7 Å². The Kier molecular flexibility index (Phi) is 6.27. The zero-order chi connectivity index (χ0) is 22.5. The Balaban J connectivity index is 1.38. The molecule has 2 amide bonds. The van der Waals surface area contributed by atoms with Crippen molar-refractivity contribution in [1.82, 2.24) is 20.0 Å². The highest BCUT2D eigenvalue weighted by atomic mass is 32.1. The number of aromatic nitrogens is 3. The molecule has 4 aromatic rings. The zero-order valence-corrected chi connectivity index (χ0v) is 18.4. The molecular weight excluding hydrogens is 424 g/mol. The van der Waals surface area contributed by atoms with Gasteiger partial charge in [0, 0.05) is 42.3 Å². The summed E-state index contributed by atoms with van der Waals surface area (Å²) in [6, 6.07) is 13.7. The second-order valence-electron chi connectivity index (χ2n) is 7.07. The summed E-state index contributed by atoms with van der Waals surface area (Å²) in [6.07, 6.45) is 5.15. The SMILES string of the molecule is CNn1ccc(C(=O)NCC(=O)Nc2nc(-c3cccc(-c4ccnc(C)c4)c3)cs2)c1. The molecule has 0 saturated heterocycles. The number of pyridine rings is 1. The molecule has 1 aromatic carbocycles. The van der Waals surface area contributed by atoms with Crippen LogP contribution in [0.3, 0.4) is 0 Å². The fraction of sp³-hybridized carbons (Fsp3) is 0.130. The van der Waals surface area contributed by atoms with Gasteiger partial charge in [0.15, 0.2) is 5.13 Å². The highest BCUT2D eigenvalue weighted by molar-refractivity contribution is 7.14. The lowest BCUT2D eigenvalue weighted by Crippen LogP contribution is -2.32. The van der Waals surface area contributed by atoms with Gasteiger partial charge in [0.2, 0.25) is 5.91 Å². The number of rotatable bonds is 7. The largest absolute Gasteiger partial charge is 0.343 e. The van der Waals surface area contributed by atoms with Crippen LogP contribution in [0.4, 0.5) is 5.13 Å². The molecule has 0 aliphatic carbocycles.